The van der Waals surface area contributed by atoms with E-state index in [0.29, 0.717) is 18.7 Å². The van der Waals surface area contributed by atoms with Crippen LogP contribution in [0.4, 0.5) is 4.39 Å². The number of ether oxygens (including phenoxy) is 1. The minimum absolute atomic E-state index is 0.000830. The highest BCUT2D eigenvalue weighted by molar-refractivity contribution is 5.95. The summed E-state index contributed by atoms with van der Waals surface area (Å²) in [4.78, 5) is 11.9. The third-order valence-electron chi connectivity index (χ3n) is 2.64. The first-order valence-electron chi connectivity index (χ1n) is 5.76. The van der Waals surface area contributed by atoms with Crippen LogP contribution in [0.3, 0.4) is 0 Å². The van der Waals surface area contributed by atoms with E-state index in [2.05, 4.69) is 5.32 Å². The van der Waals surface area contributed by atoms with Gasteiger partial charge in [0.2, 0.25) is 0 Å². The van der Waals surface area contributed by atoms with Crippen molar-refractivity contribution in [2.24, 2.45) is 5.73 Å². The molecule has 18 heavy (non-hydrogen) atoms. The van der Waals surface area contributed by atoms with Crippen LogP contribution in [0.2, 0.25) is 0 Å². The van der Waals surface area contributed by atoms with Crippen LogP contribution in [-0.2, 0) is 0 Å². The molecule has 0 aromatic heterocycles. The number of carbonyl (C=O) groups is 1. The van der Waals surface area contributed by atoms with E-state index in [1.807, 2.05) is 13.8 Å². The molecule has 0 unspecified atom stereocenters. The Hall–Kier alpha value is -1.62. The van der Waals surface area contributed by atoms with E-state index in [-0.39, 0.29) is 5.56 Å². The molecular formula is C13H19FN2O2. The van der Waals surface area contributed by atoms with E-state index in [1.54, 1.807) is 6.07 Å². The fourth-order valence-electron chi connectivity index (χ4n) is 1.60. The smallest absolute Gasteiger partial charge is 0.254 e. The predicted molar refractivity (Wildman–Crippen MR) is 68.2 cm³/mol. The molecule has 0 aliphatic carbocycles. The topological polar surface area (TPSA) is 64.3 Å². The summed E-state index contributed by atoms with van der Waals surface area (Å²) in [5.74, 6) is -0.672. The van der Waals surface area contributed by atoms with Gasteiger partial charge in [0.15, 0.2) is 0 Å². The molecule has 1 aromatic rings. The number of carbonyl (C=O) groups excluding carboxylic acids is 1. The second-order valence-electron chi connectivity index (χ2n) is 4.72. The molecule has 0 atom stereocenters. The van der Waals surface area contributed by atoms with Crippen molar-refractivity contribution in [1.29, 1.82) is 0 Å². The Kier molecular flexibility index (Phi) is 4.67. The molecule has 0 saturated carbocycles. The molecular weight excluding hydrogens is 235 g/mol. The molecule has 5 heteroatoms. The van der Waals surface area contributed by atoms with Gasteiger partial charge in [-0.1, -0.05) is 0 Å². The Morgan fingerprint density at radius 1 is 1.50 bits per heavy atom. The molecule has 0 aliphatic heterocycles. The molecule has 3 N–H and O–H groups in total. The average molecular weight is 254 g/mol. The molecule has 4 nitrogen and oxygen atoms in total. The highest BCUT2D eigenvalue weighted by atomic mass is 19.1. The highest BCUT2D eigenvalue weighted by Crippen LogP contribution is 2.17. The van der Waals surface area contributed by atoms with Crippen molar-refractivity contribution in [2.45, 2.75) is 25.8 Å². The van der Waals surface area contributed by atoms with Crippen molar-refractivity contribution in [2.75, 3.05) is 13.7 Å². The number of nitrogens with one attached hydrogen (secondary N) is 1. The van der Waals surface area contributed by atoms with Crippen LogP contribution < -0.4 is 15.8 Å². The molecule has 0 heterocycles. The number of benzene rings is 1. The third-order valence-corrected chi connectivity index (χ3v) is 2.64. The second-order valence-corrected chi connectivity index (χ2v) is 4.72. The van der Waals surface area contributed by atoms with E-state index in [1.165, 1.54) is 19.2 Å². The summed E-state index contributed by atoms with van der Waals surface area (Å²) in [7, 11) is 1.44. The lowest BCUT2D eigenvalue weighted by molar-refractivity contribution is 0.0906. The van der Waals surface area contributed by atoms with Crippen molar-refractivity contribution < 1.29 is 13.9 Å². The maximum absolute atomic E-state index is 13.7. The number of amides is 1. The van der Waals surface area contributed by atoms with Gasteiger partial charge >= 0.3 is 0 Å². The van der Waals surface area contributed by atoms with Gasteiger partial charge in [-0.2, -0.15) is 0 Å². The standard InChI is InChI=1S/C13H19FN2O2/c1-13(2,6-7-15)16-12(17)10-5-4-9(18-3)8-11(10)14/h4-5,8H,6-7,15H2,1-3H3,(H,16,17). The molecule has 0 spiro atoms. The number of hydrogen-bond acceptors (Lipinski definition) is 3. The minimum Gasteiger partial charge on any atom is -0.497 e. The maximum atomic E-state index is 13.7. The zero-order valence-corrected chi connectivity index (χ0v) is 10.9. The van der Waals surface area contributed by atoms with Crippen LogP contribution in [0.5, 0.6) is 5.75 Å². The molecule has 1 amide bonds. The molecule has 100 valence electrons. The molecule has 0 bridgehead atoms. The quantitative estimate of drug-likeness (QED) is 0.840. The lowest BCUT2D eigenvalue weighted by Gasteiger charge is -2.25. The van der Waals surface area contributed by atoms with Crippen LogP contribution in [0.15, 0.2) is 18.2 Å². The summed E-state index contributed by atoms with van der Waals surface area (Å²) in [6, 6.07) is 4.14. The number of methoxy groups -OCH3 is 1. The van der Waals surface area contributed by atoms with Gasteiger partial charge in [-0.05, 0) is 38.9 Å². The highest BCUT2D eigenvalue weighted by Gasteiger charge is 2.22. The summed E-state index contributed by atoms with van der Waals surface area (Å²) < 4.78 is 18.6. The Balaban J connectivity index is 2.85. The summed E-state index contributed by atoms with van der Waals surface area (Å²) in [6.07, 6.45) is 0.622. The van der Waals surface area contributed by atoms with Gasteiger partial charge in [0.25, 0.3) is 5.91 Å². The largest absolute Gasteiger partial charge is 0.497 e. The van der Waals surface area contributed by atoms with Crippen LogP contribution >= 0.6 is 0 Å². The first kappa shape index (κ1) is 14.4. The zero-order valence-electron chi connectivity index (χ0n) is 10.9. The zero-order chi connectivity index (χ0) is 13.8. The Bertz CT molecular complexity index is 433. The Morgan fingerprint density at radius 3 is 2.67 bits per heavy atom. The van der Waals surface area contributed by atoms with Gasteiger partial charge < -0.3 is 15.8 Å². The molecule has 0 saturated heterocycles. The van der Waals surface area contributed by atoms with Crippen molar-refractivity contribution in [3.63, 3.8) is 0 Å². The Morgan fingerprint density at radius 2 is 2.17 bits per heavy atom. The van der Waals surface area contributed by atoms with Crippen molar-refractivity contribution in [3.8, 4) is 5.75 Å². The van der Waals surface area contributed by atoms with Crippen molar-refractivity contribution in [3.05, 3.63) is 29.6 Å². The van der Waals surface area contributed by atoms with Crippen molar-refractivity contribution >= 4 is 5.91 Å². The molecule has 0 radical (unpaired) electrons. The van der Waals surface area contributed by atoms with Gasteiger partial charge in [0.1, 0.15) is 11.6 Å². The van der Waals surface area contributed by atoms with E-state index in [4.69, 9.17) is 10.5 Å². The predicted octanol–water partition coefficient (Wildman–Crippen LogP) is 1.69. The summed E-state index contributed by atoms with van der Waals surface area (Å²) in [6.45, 7) is 4.15. The van der Waals surface area contributed by atoms with Gasteiger partial charge in [0, 0.05) is 11.6 Å². The maximum Gasteiger partial charge on any atom is 0.254 e. The monoisotopic (exact) mass is 254 g/mol. The average Bonchev–Trinajstić information content (AvgIpc) is 2.27. The van der Waals surface area contributed by atoms with E-state index in [9.17, 15) is 9.18 Å². The SMILES string of the molecule is COc1ccc(C(=O)NC(C)(C)CCN)c(F)c1. The van der Waals surface area contributed by atoms with Crippen LogP contribution in [0.1, 0.15) is 30.6 Å². The molecule has 1 aromatic carbocycles. The van der Waals surface area contributed by atoms with Crippen molar-refractivity contribution in [1.82, 2.24) is 5.32 Å². The van der Waals surface area contributed by atoms with Gasteiger partial charge in [-0.25, -0.2) is 4.39 Å². The van der Waals surface area contributed by atoms with Gasteiger partial charge in [0.05, 0.1) is 12.7 Å². The lowest BCUT2D eigenvalue weighted by atomic mass is 10.00. The molecule has 0 aliphatic rings. The fraction of sp³-hybridized carbons (Fsp3) is 0.462. The number of nitrogens with two attached hydrogens (primary N) is 1. The number of halogens is 1. The van der Waals surface area contributed by atoms with E-state index >= 15 is 0 Å². The van der Waals surface area contributed by atoms with Crippen LogP contribution in [0, 0.1) is 5.82 Å². The van der Waals surface area contributed by atoms with Gasteiger partial charge in [-0.15, -0.1) is 0 Å². The van der Waals surface area contributed by atoms with Gasteiger partial charge in [-0.3, -0.25) is 4.79 Å². The summed E-state index contributed by atoms with van der Waals surface area (Å²) >= 11 is 0. The number of hydrogen-bond donors (Lipinski definition) is 2. The van der Waals surface area contributed by atoms with Crippen LogP contribution in [-0.4, -0.2) is 25.1 Å². The number of rotatable bonds is 5. The minimum atomic E-state index is -0.601. The molecule has 0 fully saturated rings. The lowest BCUT2D eigenvalue weighted by Crippen LogP contribution is -2.45. The molecule has 1 rings (SSSR count). The second kappa shape index (κ2) is 5.82. The normalized spacial score (nSPS) is 11.2. The fourth-order valence-corrected chi connectivity index (χ4v) is 1.60. The first-order valence-corrected chi connectivity index (χ1v) is 5.76. The first-order chi connectivity index (χ1) is 8.39. The third kappa shape index (κ3) is 3.70. The van der Waals surface area contributed by atoms with E-state index < -0.39 is 17.3 Å². The summed E-state index contributed by atoms with van der Waals surface area (Å²) in [5.41, 5.74) is 5.00. The summed E-state index contributed by atoms with van der Waals surface area (Å²) in [5, 5.41) is 2.75. The Labute approximate surface area is 106 Å². The van der Waals surface area contributed by atoms with E-state index in [0.717, 1.165) is 0 Å². The van der Waals surface area contributed by atoms with Crippen LogP contribution in [0.25, 0.3) is 0 Å².